The first-order chi connectivity index (χ1) is 6.28. The summed E-state index contributed by atoms with van der Waals surface area (Å²) in [5.74, 6) is 0. The summed E-state index contributed by atoms with van der Waals surface area (Å²) in [6.07, 6.45) is 1.46. The molecular weight excluding hydrogens is 166 g/mol. The van der Waals surface area contributed by atoms with Gasteiger partial charge < -0.3 is 9.15 Å². The topological polar surface area (TPSA) is 38.6 Å². The van der Waals surface area contributed by atoms with Gasteiger partial charge in [0.2, 0.25) is 0 Å². The molecule has 0 bridgehead atoms. The van der Waals surface area contributed by atoms with Crippen LogP contribution in [0, 0.1) is 0 Å². The van der Waals surface area contributed by atoms with E-state index in [4.69, 9.17) is 9.15 Å². The normalized spacial score (nSPS) is 26.5. The van der Waals surface area contributed by atoms with Crippen molar-refractivity contribution in [3.05, 3.63) is 30.2 Å². The maximum atomic E-state index is 5.35. The molecule has 1 fully saturated rings. The predicted octanol–water partition coefficient (Wildman–Crippen LogP) is 2.07. The first-order valence-corrected chi connectivity index (χ1v) is 4.26. The van der Waals surface area contributed by atoms with Crippen LogP contribution in [0.4, 0.5) is 0 Å². The summed E-state index contributed by atoms with van der Waals surface area (Å²) in [7, 11) is 0. The standard InChI is InChI=1S/C10H9NO2/c1-10(5-13-10)7-2-3-8-9(4-7)12-6-11-8/h2-4,6H,5H2,1H3. The molecule has 13 heavy (non-hydrogen) atoms. The van der Waals surface area contributed by atoms with Gasteiger partial charge in [0.25, 0.3) is 0 Å². The number of hydrogen-bond acceptors (Lipinski definition) is 3. The lowest BCUT2D eigenvalue weighted by molar-refractivity contribution is 0.329. The highest BCUT2D eigenvalue weighted by atomic mass is 16.6. The van der Waals surface area contributed by atoms with Gasteiger partial charge in [-0.25, -0.2) is 4.98 Å². The van der Waals surface area contributed by atoms with Gasteiger partial charge in [0, 0.05) is 0 Å². The lowest BCUT2D eigenvalue weighted by atomic mass is 10.0. The van der Waals surface area contributed by atoms with Crippen LogP contribution in [-0.2, 0) is 10.3 Å². The highest BCUT2D eigenvalue weighted by Crippen LogP contribution is 2.38. The van der Waals surface area contributed by atoms with Crippen molar-refractivity contribution in [2.75, 3.05) is 6.61 Å². The van der Waals surface area contributed by atoms with Gasteiger partial charge in [-0.3, -0.25) is 0 Å². The van der Waals surface area contributed by atoms with Crippen molar-refractivity contribution in [2.24, 2.45) is 0 Å². The molecule has 1 aliphatic heterocycles. The van der Waals surface area contributed by atoms with Crippen LogP contribution >= 0.6 is 0 Å². The zero-order valence-electron chi connectivity index (χ0n) is 7.28. The summed E-state index contributed by atoms with van der Waals surface area (Å²) >= 11 is 0. The number of fused-ring (bicyclic) bond motifs is 1. The molecule has 1 aliphatic rings. The van der Waals surface area contributed by atoms with Crippen LogP contribution in [0.1, 0.15) is 12.5 Å². The molecule has 0 amide bonds. The molecule has 0 spiro atoms. The van der Waals surface area contributed by atoms with E-state index in [1.807, 2.05) is 18.2 Å². The van der Waals surface area contributed by atoms with E-state index in [9.17, 15) is 0 Å². The van der Waals surface area contributed by atoms with Crippen LogP contribution in [0.15, 0.2) is 29.0 Å². The molecule has 1 unspecified atom stereocenters. The van der Waals surface area contributed by atoms with Crippen LogP contribution in [0.5, 0.6) is 0 Å². The molecule has 2 heterocycles. The Morgan fingerprint density at radius 1 is 1.46 bits per heavy atom. The van der Waals surface area contributed by atoms with Gasteiger partial charge in [-0.15, -0.1) is 0 Å². The van der Waals surface area contributed by atoms with Crippen molar-refractivity contribution in [3.63, 3.8) is 0 Å². The van der Waals surface area contributed by atoms with Crippen molar-refractivity contribution in [2.45, 2.75) is 12.5 Å². The summed E-state index contributed by atoms with van der Waals surface area (Å²) in [5.41, 5.74) is 2.81. The SMILES string of the molecule is CC1(c2ccc3ncoc3c2)CO1. The fraction of sp³-hybridized carbons (Fsp3) is 0.300. The Balaban J connectivity index is 2.20. The second-order valence-corrected chi connectivity index (χ2v) is 3.55. The van der Waals surface area contributed by atoms with Crippen LogP contribution in [0.25, 0.3) is 11.1 Å². The molecule has 66 valence electrons. The summed E-state index contributed by atoms with van der Waals surface area (Å²) in [4.78, 5) is 4.05. The zero-order chi connectivity index (χ0) is 8.89. The number of epoxide rings is 1. The van der Waals surface area contributed by atoms with Gasteiger partial charge in [-0.05, 0) is 24.6 Å². The molecule has 0 aliphatic carbocycles. The molecule has 1 saturated heterocycles. The van der Waals surface area contributed by atoms with Crippen molar-refractivity contribution in [1.29, 1.82) is 0 Å². The minimum atomic E-state index is -0.0824. The van der Waals surface area contributed by atoms with E-state index in [0.29, 0.717) is 0 Å². The fourth-order valence-electron chi connectivity index (χ4n) is 1.46. The highest BCUT2D eigenvalue weighted by Gasteiger charge is 2.41. The van der Waals surface area contributed by atoms with Gasteiger partial charge in [-0.2, -0.15) is 0 Å². The molecule has 0 saturated carbocycles. The van der Waals surface area contributed by atoms with E-state index >= 15 is 0 Å². The summed E-state index contributed by atoms with van der Waals surface area (Å²) in [5, 5.41) is 0. The number of oxazole rings is 1. The van der Waals surface area contributed by atoms with Crippen molar-refractivity contribution in [1.82, 2.24) is 4.98 Å². The number of benzene rings is 1. The van der Waals surface area contributed by atoms with E-state index in [1.165, 1.54) is 6.39 Å². The van der Waals surface area contributed by atoms with Gasteiger partial charge in [0.05, 0.1) is 6.61 Å². The predicted molar refractivity (Wildman–Crippen MR) is 47.3 cm³/mol. The average Bonchev–Trinajstić information content (AvgIpc) is 2.74. The molecule has 0 radical (unpaired) electrons. The van der Waals surface area contributed by atoms with Gasteiger partial charge >= 0.3 is 0 Å². The molecule has 3 heteroatoms. The Kier molecular flexibility index (Phi) is 1.15. The van der Waals surface area contributed by atoms with E-state index in [0.717, 1.165) is 23.3 Å². The Hall–Kier alpha value is -1.35. The maximum Gasteiger partial charge on any atom is 0.181 e. The van der Waals surface area contributed by atoms with E-state index in [-0.39, 0.29) is 5.60 Å². The average molecular weight is 175 g/mol. The fourth-order valence-corrected chi connectivity index (χ4v) is 1.46. The Morgan fingerprint density at radius 2 is 2.31 bits per heavy atom. The number of aromatic nitrogens is 1. The molecule has 1 atom stereocenters. The second kappa shape index (κ2) is 2.12. The van der Waals surface area contributed by atoms with Crippen LogP contribution < -0.4 is 0 Å². The van der Waals surface area contributed by atoms with Crippen LogP contribution in [0.2, 0.25) is 0 Å². The molecule has 2 aromatic rings. The Bertz CT molecular complexity index is 457. The monoisotopic (exact) mass is 175 g/mol. The first kappa shape index (κ1) is 7.09. The van der Waals surface area contributed by atoms with Gasteiger partial charge in [0.1, 0.15) is 11.1 Å². The number of hydrogen-bond donors (Lipinski definition) is 0. The molecule has 1 aromatic heterocycles. The van der Waals surface area contributed by atoms with Gasteiger partial charge in [0.15, 0.2) is 12.0 Å². The minimum Gasteiger partial charge on any atom is -0.443 e. The van der Waals surface area contributed by atoms with Crippen LogP contribution in [0.3, 0.4) is 0 Å². The Labute approximate surface area is 75.3 Å². The second-order valence-electron chi connectivity index (χ2n) is 3.55. The number of nitrogens with zero attached hydrogens (tertiary/aromatic N) is 1. The number of ether oxygens (including phenoxy) is 1. The molecular formula is C10H9NO2. The molecule has 1 aromatic carbocycles. The third kappa shape index (κ3) is 0.971. The lowest BCUT2D eigenvalue weighted by Crippen LogP contribution is -2.00. The third-order valence-corrected chi connectivity index (χ3v) is 2.52. The van der Waals surface area contributed by atoms with Crippen molar-refractivity contribution in [3.8, 4) is 0 Å². The summed E-state index contributed by atoms with van der Waals surface area (Å²) in [6, 6.07) is 5.99. The quantitative estimate of drug-likeness (QED) is 0.623. The zero-order valence-corrected chi connectivity index (χ0v) is 7.28. The largest absolute Gasteiger partial charge is 0.443 e. The van der Waals surface area contributed by atoms with E-state index in [2.05, 4.69) is 11.9 Å². The van der Waals surface area contributed by atoms with Gasteiger partial charge in [-0.1, -0.05) is 6.07 Å². The minimum absolute atomic E-state index is 0.0824. The number of rotatable bonds is 1. The maximum absolute atomic E-state index is 5.35. The summed E-state index contributed by atoms with van der Waals surface area (Å²) in [6.45, 7) is 2.87. The first-order valence-electron chi connectivity index (χ1n) is 4.26. The third-order valence-electron chi connectivity index (χ3n) is 2.52. The van der Waals surface area contributed by atoms with E-state index in [1.54, 1.807) is 0 Å². The van der Waals surface area contributed by atoms with Crippen LogP contribution in [-0.4, -0.2) is 11.6 Å². The molecule has 3 rings (SSSR count). The smallest absolute Gasteiger partial charge is 0.181 e. The van der Waals surface area contributed by atoms with Crippen molar-refractivity contribution >= 4 is 11.1 Å². The molecule has 0 N–H and O–H groups in total. The summed E-state index contributed by atoms with van der Waals surface area (Å²) < 4.78 is 10.6. The highest BCUT2D eigenvalue weighted by molar-refractivity contribution is 5.73. The Morgan fingerprint density at radius 3 is 3.08 bits per heavy atom. The molecule has 3 nitrogen and oxygen atoms in total. The van der Waals surface area contributed by atoms with E-state index < -0.39 is 0 Å². The van der Waals surface area contributed by atoms with Crippen molar-refractivity contribution < 1.29 is 9.15 Å². The lowest BCUT2D eigenvalue weighted by Gasteiger charge is -2.03.